The van der Waals surface area contributed by atoms with Crippen molar-refractivity contribution in [2.45, 2.75) is 44.2 Å². The first-order valence-electron chi connectivity index (χ1n) is 9.63. The molecule has 0 aromatic carbocycles. The quantitative estimate of drug-likeness (QED) is 0.208. The van der Waals surface area contributed by atoms with Gasteiger partial charge >= 0.3 is 23.9 Å². The summed E-state index contributed by atoms with van der Waals surface area (Å²) in [6, 6.07) is -1.39. The molecule has 3 amide bonds. The summed E-state index contributed by atoms with van der Waals surface area (Å²) in [6.45, 7) is 0.203. The zero-order chi connectivity index (χ0) is 24.3. The lowest BCUT2D eigenvalue weighted by Gasteiger charge is -2.26. The average Bonchev–Trinajstić information content (AvgIpc) is 2.72. The topological polar surface area (TPSA) is 186 Å². The predicted octanol–water partition coefficient (Wildman–Crippen LogP) is 0.533. The Morgan fingerprint density at radius 1 is 1.06 bits per heavy atom. The number of likely N-dealkylation sites (N-methyl/N-ethyl adjacent to an activating group) is 1. The molecule has 1 rings (SSSR count). The number of carbonyl (C=O) groups is 5. The van der Waals surface area contributed by atoms with E-state index in [-0.39, 0.29) is 24.9 Å². The van der Waals surface area contributed by atoms with Crippen molar-refractivity contribution in [3.63, 3.8) is 0 Å². The minimum Gasteiger partial charge on any atom is -0.481 e. The minimum atomic E-state index is -1.48. The Kier molecular flexibility index (Phi) is 10.5. The van der Waals surface area contributed by atoms with E-state index >= 15 is 0 Å². The molecule has 1 aromatic heterocycles. The smallest absolute Gasteiger partial charge is 0.326 e. The fourth-order valence-corrected chi connectivity index (χ4v) is 2.68. The van der Waals surface area contributed by atoms with Crippen molar-refractivity contribution in [3.8, 4) is 0 Å². The van der Waals surface area contributed by atoms with E-state index in [4.69, 9.17) is 10.2 Å². The highest BCUT2D eigenvalue weighted by atomic mass is 19.1. The fraction of sp³-hybridized carbons (Fsp3) is 0.474. The van der Waals surface area contributed by atoms with Crippen molar-refractivity contribution in [2.75, 3.05) is 13.6 Å². The number of hydrogen-bond acceptors (Lipinski definition) is 6. The second-order valence-corrected chi connectivity index (χ2v) is 6.86. The number of aromatic nitrogens is 1. The van der Waals surface area contributed by atoms with Gasteiger partial charge in [0.05, 0.1) is 5.56 Å². The van der Waals surface area contributed by atoms with Gasteiger partial charge < -0.3 is 30.9 Å². The Morgan fingerprint density at radius 2 is 1.75 bits per heavy atom. The molecule has 1 heterocycles. The van der Waals surface area contributed by atoms with E-state index in [9.17, 15) is 33.5 Å². The van der Waals surface area contributed by atoms with Gasteiger partial charge in [0, 0.05) is 26.2 Å². The predicted molar refractivity (Wildman–Crippen MR) is 106 cm³/mol. The van der Waals surface area contributed by atoms with Crippen LogP contribution in [0.5, 0.6) is 0 Å². The number of aliphatic carboxylic acids is 3. The van der Waals surface area contributed by atoms with E-state index in [1.54, 1.807) is 0 Å². The highest BCUT2D eigenvalue weighted by Gasteiger charge is 2.29. The first-order chi connectivity index (χ1) is 15.0. The number of urea groups is 1. The number of pyridine rings is 1. The Hall–Kier alpha value is -3.77. The van der Waals surface area contributed by atoms with Crippen LogP contribution in [-0.4, -0.2) is 80.7 Å². The molecule has 0 aliphatic heterocycles. The molecular formula is C19H25FN4O8. The summed E-state index contributed by atoms with van der Waals surface area (Å²) in [5.41, 5.74) is 0.169. The van der Waals surface area contributed by atoms with E-state index in [2.05, 4.69) is 15.6 Å². The molecule has 2 atom stereocenters. The second-order valence-electron chi connectivity index (χ2n) is 6.86. The number of nitrogens with zero attached hydrogens (tertiary/aromatic N) is 2. The van der Waals surface area contributed by atoms with E-state index in [0.29, 0.717) is 12.8 Å². The van der Waals surface area contributed by atoms with Gasteiger partial charge in [0.25, 0.3) is 5.91 Å². The van der Waals surface area contributed by atoms with Crippen molar-refractivity contribution >= 4 is 29.8 Å². The van der Waals surface area contributed by atoms with E-state index in [0.717, 1.165) is 17.2 Å². The van der Waals surface area contributed by atoms with Crippen molar-refractivity contribution in [3.05, 3.63) is 29.8 Å². The molecule has 0 fully saturated rings. The van der Waals surface area contributed by atoms with Crippen molar-refractivity contribution in [1.29, 1.82) is 0 Å². The number of carboxylic acids is 3. The number of rotatable bonds is 13. The molecule has 1 unspecified atom stereocenters. The highest BCUT2D eigenvalue weighted by molar-refractivity contribution is 5.93. The van der Waals surface area contributed by atoms with Gasteiger partial charge in [-0.25, -0.2) is 19.4 Å². The molecule has 1 aromatic rings. The van der Waals surface area contributed by atoms with Crippen LogP contribution in [0.1, 0.15) is 42.5 Å². The summed E-state index contributed by atoms with van der Waals surface area (Å²) in [4.78, 5) is 61.7. The normalized spacial score (nSPS) is 12.3. The largest absolute Gasteiger partial charge is 0.481 e. The second kappa shape index (κ2) is 12.8. The maximum Gasteiger partial charge on any atom is 0.326 e. The van der Waals surface area contributed by atoms with Gasteiger partial charge in [0.1, 0.15) is 12.1 Å². The molecule has 0 aliphatic rings. The van der Waals surface area contributed by atoms with Crippen LogP contribution in [0.4, 0.5) is 9.18 Å². The Labute approximate surface area is 182 Å². The minimum absolute atomic E-state index is 0.0279. The molecule has 13 heteroatoms. The fourth-order valence-electron chi connectivity index (χ4n) is 2.68. The molecule has 0 spiro atoms. The van der Waals surface area contributed by atoms with Gasteiger partial charge in [0.2, 0.25) is 5.95 Å². The molecular weight excluding hydrogens is 431 g/mol. The number of carbonyl (C=O) groups excluding carboxylic acids is 2. The van der Waals surface area contributed by atoms with Crippen molar-refractivity contribution < 1.29 is 43.7 Å². The lowest BCUT2D eigenvalue weighted by atomic mass is 10.1. The molecule has 0 saturated carbocycles. The van der Waals surface area contributed by atoms with Crippen molar-refractivity contribution in [2.24, 2.45) is 0 Å². The van der Waals surface area contributed by atoms with Crippen LogP contribution >= 0.6 is 0 Å². The molecule has 0 aliphatic carbocycles. The number of halogens is 1. The molecule has 0 saturated heterocycles. The van der Waals surface area contributed by atoms with Crippen LogP contribution in [0.3, 0.4) is 0 Å². The maximum absolute atomic E-state index is 12.8. The third-order valence-corrected chi connectivity index (χ3v) is 4.50. The lowest BCUT2D eigenvalue weighted by molar-refractivity contribution is -0.142. The maximum atomic E-state index is 12.8. The number of carboxylic acid groups (broad SMARTS) is 3. The van der Waals surface area contributed by atoms with E-state index in [1.807, 2.05) is 0 Å². The van der Waals surface area contributed by atoms with Gasteiger partial charge in [-0.15, -0.1) is 0 Å². The van der Waals surface area contributed by atoms with Gasteiger partial charge in [-0.05, 0) is 37.8 Å². The first kappa shape index (κ1) is 26.3. The molecule has 12 nitrogen and oxygen atoms in total. The Balaban J connectivity index is 2.51. The molecule has 0 radical (unpaired) electrons. The third-order valence-electron chi connectivity index (χ3n) is 4.50. The summed E-state index contributed by atoms with van der Waals surface area (Å²) in [5.74, 6) is -5.16. The van der Waals surface area contributed by atoms with Gasteiger partial charge in [0.15, 0.2) is 0 Å². The van der Waals surface area contributed by atoms with E-state index < -0.39 is 54.3 Å². The van der Waals surface area contributed by atoms with Crippen LogP contribution in [0.25, 0.3) is 0 Å². The zero-order valence-corrected chi connectivity index (χ0v) is 17.3. The lowest BCUT2D eigenvalue weighted by Crippen LogP contribution is -2.52. The molecule has 5 N–H and O–H groups in total. The van der Waals surface area contributed by atoms with E-state index in [1.165, 1.54) is 13.1 Å². The molecule has 32 heavy (non-hydrogen) atoms. The van der Waals surface area contributed by atoms with Crippen molar-refractivity contribution in [1.82, 2.24) is 20.5 Å². The van der Waals surface area contributed by atoms with Crippen LogP contribution in [0.15, 0.2) is 18.3 Å². The van der Waals surface area contributed by atoms with Crippen LogP contribution in [-0.2, 0) is 14.4 Å². The van der Waals surface area contributed by atoms with Crippen LogP contribution in [0.2, 0.25) is 0 Å². The third kappa shape index (κ3) is 8.93. The monoisotopic (exact) mass is 456 g/mol. The number of amides is 3. The summed E-state index contributed by atoms with van der Waals surface area (Å²) in [6.07, 6.45) is 0.974. The number of hydrogen-bond donors (Lipinski definition) is 5. The summed E-state index contributed by atoms with van der Waals surface area (Å²) >= 11 is 0. The van der Waals surface area contributed by atoms with Crippen LogP contribution < -0.4 is 10.6 Å². The van der Waals surface area contributed by atoms with Gasteiger partial charge in [-0.3, -0.25) is 9.59 Å². The van der Waals surface area contributed by atoms with Gasteiger partial charge in [-0.1, -0.05) is 0 Å². The Morgan fingerprint density at radius 3 is 2.28 bits per heavy atom. The number of nitrogens with one attached hydrogen (secondary N) is 2. The standard InChI is InChI=1S/C19H25FN4O8/c1-24(19(32)23-12(17(28)29)6-8-15(25)26)13(18(30)31)4-2-3-9-21-16(27)11-5-7-14(20)22-10-11/h5,7,10,12-13H,2-4,6,8-9H2,1H3,(H,21,27)(H,23,32)(H,25,26)(H,28,29)(H,30,31)/t12-,13?/m0/s1. The van der Waals surface area contributed by atoms with Gasteiger partial charge in [-0.2, -0.15) is 4.39 Å². The summed E-state index contributed by atoms with van der Waals surface area (Å²) in [7, 11) is 1.19. The average molecular weight is 456 g/mol. The van der Waals surface area contributed by atoms with Crippen LogP contribution in [0, 0.1) is 5.95 Å². The highest BCUT2D eigenvalue weighted by Crippen LogP contribution is 2.10. The summed E-state index contributed by atoms with van der Waals surface area (Å²) in [5, 5.41) is 31.9. The zero-order valence-electron chi connectivity index (χ0n) is 17.3. The Bertz CT molecular complexity index is 833. The molecule has 0 bridgehead atoms. The number of unbranched alkanes of at least 4 members (excludes halogenated alkanes) is 1. The summed E-state index contributed by atoms with van der Waals surface area (Å²) < 4.78 is 12.8. The molecule has 176 valence electrons. The first-order valence-corrected chi connectivity index (χ1v) is 9.63. The SMILES string of the molecule is CN(C(=O)N[C@@H](CCC(=O)O)C(=O)O)C(CCCCNC(=O)c1ccc(F)nc1)C(=O)O.